The molecule has 0 saturated heterocycles. The van der Waals surface area contributed by atoms with Crippen molar-refractivity contribution < 1.29 is 12.8 Å². The van der Waals surface area contributed by atoms with E-state index in [1.54, 1.807) is 32.7 Å². The average molecular weight is 326 g/mol. The van der Waals surface area contributed by atoms with Crippen molar-refractivity contribution in [3.8, 4) is 0 Å². The Morgan fingerprint density at radius 3 is 2.47 bits per heavy atom. The smallest absolute Gasteiger partial charge is 0.246 e. The van der Waals surface area contributed by atoms with Crippen molar-refractivity contribution in [1.82, 2.24) is 4.31 Å². The summed E-state index contributed by atoms with van der Waals surface area (Å²) in [7, 11) is -1.93. The van der Waals surface area contributed by atoms with Gasteiger partial charge in [-0.25, -0.2) is 12.7 Å². The number of thioether (sulfide) groups is 1. The molecule has 7 heteroatoms. The Hall–Kier alpha value is -0.170. The van der Waals surface area contributed by atoms with Gasteiger partial charge < -0.3 is 4.42 Å². The number of hydrogen-bond acceptors (Lipinski definition) is 4. The molecule has 0 saturated carbocycles. The van der Waals surface area contributed by atoms with Crippen molar-refractivity contribution in [3.63, 3.8) is 0 Å². The van der Waals surface area contributed by atoms with Crippen LogP contribution in [0.15, 0.2) is 9.31 Å². The minimum absolute atomic E-state index is 0.135. The molecule has 110 valence electrons. The van der Waals surface area contributed by atoms with Gasteiger partial charge in [0.1, 0.15) is 16.4 Å². The maximum absolute atomic E-state index is 12.5. The molecule has 19 heavy (non-hydrogen) atoms. The predicted molar refractivity (Wildman–Crippen MR) is 80.6 cm³/mol. The highest BCUT2D eigenvalue weighted by Gasteiger charge is 2.29. The fourth-order valence-electron chi connectivity index (χ4n) is 1.91. The lowest BCUT2D eigenvalue weighted by Crippen LogP contribution is -2.29. The molecule has 0 aliphatic carbocycles. The molecule has 0 aromatic carbocycles. The molecule has 0 fully saturated rings. The van der Waals surface area contributed by atoms with E-state index in [9.17, 15) is 8.42 Å². The van der Waals surface area contributed by atoms with E-state index >= 15 is 0 Å². The minimum atomic E-state index is -3.53. The number of furan rings is 1. The summed E-state index contributed by atoms with van der Waals surface area (Å²) in [6.45, 7) is 3.89. The fourth-order valence-corrected chi connectivity index (χ4v) is 4.34. The van der Waals surface area contributed by atoms with Crippen LogP contribution in [0, 0.1) is 13.8 Å². The van der Waals surface area contributed by atoms with Crippen molar-refractivity contribution in [3.05, 3.63) is 17.1 Å². The summed E-state index contributed by atoms with van der Waals surface area (Å²) in [4.78, 5) is 0.228. The molecule has 0 unspecified atom stereocenters. The van der Waals surface area contributed by atoms with Gasteiger partial charge in [0.2, 0.25) is 10.0 Å². The lowest BCUT2D eigenvalue weighted by atomic mass is 10.3. The van der Waals surface area contributed by atoms with Crippen molar-refractivity contribution in [1.29, 1.82) is 0 Å². The van der Waals surface area contributed by atoms with Crippen LogP contribution in [-0.2, 0) is 15.9 Å². The monoisotopic (exact) mass is 325 g/mol. The third-order valence-corrected chi connectivity index (χ3v) is 5.97. The molecule has 0 N–H and O–H groups in total. The SMILES string of the molecule is CSCCCN(C)S(=O)(=O)c1c(C)oc(C)c1CCl. The third kappa shape index (κ3) is 3.68. The van der Waals surface area contributed by atoms with E-state index in [1.807, 2.05) is 6.26 Å². The van der Waals surface area contributed by atoms with E-state index in [1.165, 1.54) is 4.31 Å². The van der Waals surface area contributed by atoms with Gasteiger partial charge in [0.05, 0.1) is 5.88 Å². The van der Waals surface area contributed by atoms with E-state index in [2.05, 4.69) is 0 Å². The summed E-state index contributed by atoms with van der Waals surface area (Å²) in [5.74, 6) is 2.05. The van der Waals surface area contributed by atoms with Crippen LogP contribution in [0.5, 0.6) is 0 Å². The summed E-state index contributed by atoms with van der Waals surface area (Å²) in [5.41, 5.74) is 0.566. The third-order valence-electron chi connectivity index (χ3n) is 2.95. The van der Waals surface area contributed by atoms with Crippen molar-refractivity contribution in [2.24, 2.45) is 0 Å². The largest absolute Gasteiger partial charge is 0.465 e. The number of nitrogens with zero attached hydrogens (tertiary/aromatic N) is 1. The van der Waals surface area contributed by atoms with Crippen molar-refractivity contribution in [2.75, 3.05) is 25.6 Å². The summed E-state index contributed by atoms with van der Waals surface area (Å²) >= 11 is 7.55. The number of rotatable bonds is 7. The van der Waals surface area contributed by atoms with E-state index in [-0.39, 0.29) is 10.8 Å². The number of alkyl halides is 1. The Morgan fingerprint density at radius 2 is 1.95 bits per heavy atom. The Kier molecular flexibility index (Phi) is 6.23. The van der Waals surface area contributed by atoms with Gasteiger partial charge in [0.25, 0.3) is 0 Å². The van der Waals surface area contributed by atoms with Gasteiger partial charge in [-0.05, 0) is 32.3 Å². The minimum Gasteiger partial charge on any atom is -0.465 e. The van der Waals surface area contributed by atoms with Gasteiger partial charge in [-0.3, -0.25) is 0 Å². The van der Waals surface area contributed by atoms with Gasteiger partial charge in [-0.2, -0.15) is 11.8 Å². The first-order chi connectivity index (χ1) is 8.86. The summed E-state index contributed by atoms with van der Waals surface area (Å²) in [6.07, 6.45) is 2.83. The number of sulfonamides is 1. The Bertz CT molecular complexity index is 525. The predicted octanol–water partition coefficient (Wildman–Crippen LogP) is 3.01. The summed E-state index contributed by atoms with van der Waals surface area (Å²) < 4.78 is 31.9. The van der Waals surface area contributed by atoms with Gasteiger partial charge in [-0.1, -0.05) is 0 Å². The van der Waals surface area contributed by atoms with Gasteiger partial charge in [0, 0.05) is 19.2 Å². The number of aryl methyl sites for hydroxylation is 2. The Morgan fingerprint density at radius 1 is 1.32 bits per heavy atom. The first-order valence-electron chi connectivity index (χ1n) is 5.96. The molecule has 0 aliphatic rings. The van der Waals surface area contributed by atoms with E-state index in [0.717, 1.165) is 12.2 Å². The average Bonchev–Trinajstić information content (AvgIpc) is 2.64. The zero-order chi connectivity index (χ0) is 14.6. The molecule has 1 aromatic rings. The second-order valence-electron chi connectivity index (χ2n) is 4.33. The first-order valence-corrected chi connectivity index (χ1v) is 9.33. The van der Waals surface area contributed by atoms with E-state index in [0.29, 0.717) is 23.6 Å². The standard InChI is InChI=1S/C12H20ClNO3S2/c1-9-11(8-13)12(10(2)17-9)19(15,16)14(3)6-5-7-18-4/h5-8H2,1-4H3. The maximum Gasteiger partial charge on any atom is 0.246 e. The van der Waals surface area contributed by atoms with E-state index < -0.39 is 10.0 Å². The molecule has 1 heterocycles. The highest BCUT2D eigenvalue weighted by atomic mass is 35.5. The lowest BCUT2D eigenvalue weighted by molar-refractivity contribution is 0.462. The second kappa shape index (κ2) is 7.02. The highest BCUT2D eigenvalue weighted by Crippen LogP contribution is 2.30. The first kappa shape index (κ1) is 16.9. The van der Waals surface area contributed by atoms with Gasteiger partial charge in [0.15, 0.2) is 0 Å². The molecule has 0 radical (unpaired) electrons. The normalized spacial score (nSPS) is 12.3. The zero-order valence-corrected chi connectivity index (χ0v) is 14.1. The summed E-state index contributed by atoms with van der Waals surface area (Å²) in [6, 6.07) is 0. The number of hydrogen-bond donors (Lipinski definition) is 0. The van der Waals surface area contributed by atoms with Crippen molar-refractivity contribution in [2.45, 2.75) is 31.0 Å². The van der Waals surface area contributed by atoms with E-state index in [4.69, 9.17) is 16.0 Å². The van der Waals surface area contributed by atoms with Crippen LogP contribution in [-0.4, -0.2) is 38.3 Å². The van der Waals surface area contributed by atoms with Gasteiger partial charge >= 0.3 is 0 Å². The fraction of sp³-hybridized carbons (Fsp3) is 0.667. The molecule has 0 aliphatic heterocycles. The Labute approximate surface area is 124 Å². The molecule has 1 aromatic heterocycles. The molecule has 0 bridgehead atoms. The topological polar surface area (TPSA) is 50.5 Å². The molecule has 0 atom stereocenters. The second-order valence-corrected chi connectivity index (χ2v) is 7.56. The van der Waals surface area contributed by atoms with Crippen LogP contribution in [0.3, 0.4) is 0 Å². The molecular weight excluding hydrogens is 306 g/mol. The van der Waals surface area contributed by atoms with Crippen LogP contribution in [0.4, 0.5) is 0 Å². The molecule has 0 spiro atoms. The molecule has 4 nitrogen and oxygen atoms in total. The van der Waals surface area contributed by atoms with Crippen molar-refractivity contribution >= 4 is 33.4 Å². The van der Waals surface area contributed by atoms with Crippen LogP contribution in [0.1, 0.15) is 23.5 Å². The molecule has 1 rings (SSSR count). The van der Waals surface area contributed by atoms with Gasteiger partial charge in [-0.15, -0.1) is 11.6 Å². The van der Waals surface area contributed by atoms with Crippen LogP contribution in [0.2, 0.25) is 0 Å². The van der Waals surface area contributed by atoms with Crippen LogP contribution < -0.4 is 0 Å². The summed E-state index contributed by atoms with van der Waals surface area (Å²) in [5, 5.41) is 0. The lowest BCUT2D eigenvalue weighted by Gasteiger charge is -2.17. The highest BCUT2D eigenvalue weighted by molar-refractivity contribution is 7.98. The quantitative estimate of drug-likeness (QED) is 0.571. The molecule has 0 amide bonds. The molecular formula is C12H20ClNO3S2. The zero-order valence-electron chi connectivity index (χ0n) is 11.7. The maximum atomic E-state index is 12.5. The van der Waals surface area contributed by atoms with Crippen LogP contribution in [0.25, 0.3) is 0 Å². The Balaban J connectivity index is 3.06. The van der Waals surface area contributed by atoms with Crippen LogP contribution >= 0.6 is 23.4 Å². The number of halogens is 1.